The van der Waals surface area contributed by atoms with Crippen LogP contribution in [-0.4, -0.2) is 21.5 Å². The van der Waals surface area contributed by atoms with Gasteiger partial charge in [-0.3, -0.25) is 0 Å². The molecule has 21 heavy (non-hydrogen) atoms. The quantitative estimate of drug-likeness (QED) is 0.824. The highest BCUT2D eigenvalue weighted by molar-refractivity contribution is 9.10. The van der Waals surface area contributed by atoms with E-state index in [1.54, 1.807) is 12.3 Å². The first-order valence-electron chi connectivity index (χ1n) is 7.24. The largest absolute Gasteiger partial charge is 0.305 e. The number of benzene rings is 1. The first-order chi connectivity index (χ1) is 10.2. The maximum atomic E-state index is 13.8. The molecule has 0 fully saturated rings. The Hall–Kier alpha value is -1.27. The van der Waals surface area contributed by atoms with Gasteiger partial charge in [-0.25, -0.2) is 9.07 Å². The predicted octanol–water partition coefficient (Wildman–Crippen LogP) is 3.68. The fraction of sp³-hybridized carbons (Fsp3) is 0.467. The average molecular weight is 355 g/mol. The lowest BCUT2D eigenvalue weighted by Gasteiger charge is -2.21. The van der Waals surface area contributed by atoms with E-state index in [9.17, 15) is 4.39 Å². The predicted molar refractivity (Wildman–Crippen MR) is 84.5 cm³/mol. The molecular weight excluding hydrogens is 335 g/mol. The van der Waals surface area contributed by atoms with E-state index >= 15 is 0 Å². The molecule has 0 saturated carbocycles. The van der Waals surface area contributed by atoms with Crippen LogP contribution in [0.3, 0.4) is 0 Å². The van der Waals surface area contributed by atoms with E-state index in [2.05, 4.69) is 45.4 Å². The fourth-order valence-electron chi connectivity index (χ4n) is 2.28. The Kier molecular flexibility index (Phi) is 5.87. The van der Waals surface area contributed by atoms with Crippen molar-refractivity contribution in [2.24, 2.45) is 0 Å². The Morgan fingerprint density at radius 3 is 2.86 bits per heavy atom. The van der Waals surface area contributed by atoms with E-state index in [0.717, 1.165) is 37.2 Å². The third-order valence-corrected chi connectivity index (χ3v) is 4.11. The third-order valence-electron chi connectivity index (χ3n) is 3.27. The molecule has 1 heterocycles. The van der Waals surface area contributed by atoms with Gasteiger partial charge in [0.2, 0.25) is 0 Å². The lowest BCUT2D eigenvalue weighted by Crippen LogP contribution is -2.26. The standard InChI is InChI=1S/C15H20BrFN4/c1-3-8-18-15(11-6-5-7-12(17)14(11)16)13-10-19-20-21(13)9-4-2/h5-7,10,15,18H,3-4,8-9H2,1-2H3. The summed E-state index contributed by atoms with van der Waals surface area (Å²) in [5.74, 6) is -0.259. The van der Waals surface area contributed by atoms with Crippen molar-refractivity contribution >= 4 is 15.9 Å². The summed E-state index contributed by atoms with van der Waals surface area (Å²) < 4.78 is 16.2. The van der Waals surface area contributed by atoms with Gasteiger partial charge in [0.05, 0.1) is 22.4 Å². The van der Waals surface area contributed by atoms with Crippen molar-refractivity contribution in [1.82, 2.24) is 20.3 Å². The van der Waals surface area contributed by atoms with Crippen molar-refractivity contribution in [1.29, 1.82) is 0 Å². The number of hydrogen-bond acceptors (Lipinski definition) is 3. The molecule has 4 nitrogen and oxygen atoms in total. The molecule has 0 aliphatic rings. The number of nitrogens with zero attached hydrogens (tertiary/aromatic N) is 3. The van der Waals surface area contributed by atoms with E-state index in [1.807, 2.05) is 10.7 Å². The van der Waals surface area contributed by atoms with Gasteiger partial charge in [0, 0.05) is 6.54 Å². The van der Waals surface area contributed by atoms with E-state index in [1.165, 1.54) is 6.07 Å². The van der Waals surface area contributed by atoms with Crippen LogP contribution >= 0.6 is 15.9 Å². The summed E-state index contributed by atoms with van der Waals surface area (Å²) in [4.78, 5) is 0. The maximum Gasteiger partial charge on any atom is 0.137 e. The minimum atomic E-state index is -0.259. The smallest absolute Gasteiger partial charge is 0.137 e. The molecule has 1 aromatic carbocycles. The van der Waals surface area contributed by atoms with Gasteiger partial charge in [-0.1, -0.05) is 31.2 Å². The van der Waals surface area contributed by atoms with Crippen molar-refractivity contribution in [2.75, 3.05) is 6.54 Å². The molecule has 2 aromatic rings. The number of hydrogen-bond donors (Lipinski definition) is 1. The number of aryl methyl sites for hydroxylation is 1. The molecule has 1 N–H and O–H groups in total. The molecule has 114 valence electrons. The molecule has 0 radical (unpaired) electrons. The number of halogens is 2. The Balaban J connectivity index is 2.42. The van der Waals surface area contributed by atoms with Crippen molar-refractivity contribution in [3.63, 3.8) is 0 Å². The molecule has 0 bridgehead atoms. The van der Waals surface area contributed by atoms with Gasteiger partial charge in [-0.2, -0.15) is 0 Å². The van der Waals surface area contributed by atoms with Crippen LogP contribution in [0.4, 0.5) is 4.39 Å². The molecule has 1 atom stereocenters. The first kappa shape index (κ1) is 16.1. The van der Waals surface area contributed by atoms with Crippen LogP contribution in [0.5, 0.6) is 0 Å². The maximum absolute atomic E-state index is 13.8. The summed E-state index contributed by atoms with van der Waals surface area (Å²) in [6.45, 7) is 5.84. The number of rotatable bonds is 7. The zero-order valence-electron chi connectivity index (χ0n) is 12.3. The molecule has 2 rings (SSSR count). The van der Waals surface area contributed by atoms with Crippen LogP contribution in [0.25, 0.3) is 0 Å². The topological polar surface area (TPSA) is 42.7 Å². The lowest BCUT2D eigenvalue weighted by molar-refractivity contribution is 0.501. The summed E-state index contributed by atoms with van der Waals surface area (Å²) in [6.07, 6.45) is 3.72. The number of aromatic nitrogens is 3. The Bertz CT molecular complexity index is 585. The highest BCUT2D eigenvalue weighted by Crippen LogP contribution is 2.30. The molecule has 0 aliphatic heterocycles. The second kappa shape index (κ2) is 7.66. The van der Waals surface area contributed by atoms with Crippen LogP contribution in [0.2, 0.25) is 0 Å². The van der Waals surface area contributed by atoms with Crippen molar-refractivity contribution in [3.05, 3.63) is 45.9 Å². The van der Waals surface area contributed by atoms with Crippen molar-refractivity contribution in [2.45, 2.75) is 39.3 Å². The minimum absolute atomic E-state index is 0.128. The molecule has 1 aromatic heterocycles. The Morgan fingerprint density at radius 1 is 1.33 bits per heavy atom. The molecule has 0 aliphatic carbocycles. The molecule has 6 heteroatoms. The SMILES string of the molecule is CCCNC(c1cccc(F)c1Br)c1cnnn1CCC. The molecule has 1 unspecified atom stereocenters. The van der Waals surface area contributed by atoms with Gasteiger partial charge in [0.1, 0.15) is 5.82 Å². The van der Waals surface area contributed by atoms with E-state index in [4.69, 9.17) is 0 Å². The highest BCUT2D eigenvalue weighted by Gasteiger charge is 2.21. The molecule has 0 spiro atoms. The molecule has 0 saturated heterocycles. The average Bonchev–Trinajstić information content (AvgIpc) is 2.92. The fourth-order valence-corrected chi connectivity index (χ4v) is 2.77. The minimum Gasteiger partial charge on any atom is -0.305 e. The number of nitrogens with one attached hydrogen (secondary N) is 1. The van der Waals surface area contributed by atoms with Crippen LogP contribution in [-0.2, 0) is 6.54 Å². The van der Waals surface area contributed by atoms with Gasteiger partial charge < -0.3 is 5.32 Å². The van der Waals surface area contributed by atoms with Gasteiger partial charge in [-0.05, 0) is 46.9 Å². The summed E-state index contributed by atoms with van der Waals surface area (Å²) in [6, 6.07) is 4.97. The van der Waals surface area contributed by atoms with Gasteiger partial charge in [-0.15, -0.1) is 5.10 Å². The van der Waals surface area contributed by atoms with Crippen molar-refractivity contribution < 1.29 is 4.39 Å². The van der Waals surface area contributed by atoms with E-state index < -0.39 is 0 Å². The molecular formula is C15H20BrFN4. The van der Waals surface area contributed by atoms with Gasteiger partial charge in [0.15, 0.2) is 0 Å². The van der Waals surface area contributed by atoms with Crippen LogP contribution in [0.15, 0.2) is 28.9 Å². The zero-order chi connectivity index (χ0) is 15.2. The third kappa shape index (κ3) is 3.68. The Labute approximate surface area is 132 Å². The normalized spacial score (nSPS) is 12.6. The molecule has 0 amide bonds. The summed E-state index contributed by atoms with van der Waals surface area (Å²) in [5.41, 5.74) is 1.82. The van der Waals surface area contributed by atoms with E-state index in [-0.39, 0.29) is 11.9 Å². The second-order valence-electron chi connectivity index (χ2n) is 4.91. The summed E-state index contributed by atoms with van der Waals surface area (Å²) in [7, 11) is 0. The van der Waals surface area contributed by atoms with Crippen LogP contribution in [0.1, 0.15) is 44.0 Å². The van der Waals surface area contributed by atoms with Crippen molar-refractivity contribution in [3.8, 4) is 0 Å². The summed E-state index contributed by atoms with van der Waals surface area (Å²) in [5, 5.41) is 11.6. The first-order valence-corrected chi connectivity index (χ1v) is 8.04. The second-order valence-corrected chi connectivity index (χ2v) is 5.71. The van der Waals surface area contributed by atoms with Crippen LogP contribution in [0, 0.1) is 5.82 Å². The zero-order valence-corrected chi connectivity index (χ0v) is 13.9. The Morgan fingerprint density at radius 2 is 2.14 bits per heavy atom. The van der Waals surface area contributed by atoms with Crippen LogP contribution < -0.4 is 5.32 Å². The lowest BCUT2D eigenvalue weighted by atomic mass is 10.0. The van der Waals surface area contributed by atoms with Gasteiger partial charge in [0.25, 0.3) is 0 Å². The monoisotopic (exact) mass is 354 g/mol. The summed E-state index contributed by atoms with van der Waals surface area (Å²) >= 11 is 3.36. The highest BCUT2D eigenvalue weighted by atomic mass is 79.9. The van der Waals surface area contributed by atoms with E-state index in [0.29, 0.717) is 4.47 Å². The van der Waals surface area contributed by atoms with Gasteiger partial charge >= 0.3 is 0 Å².